The van der Waals surface area contributed by atoms with Crippen LogP contribution in [0.25, 0.3) is 0 Å². The third-order valence-corrected chi connectivity index (χ3v) is 4.16. The van der Waals surface area contributed by atoms with Gasteiger partial charge in [0.25, 0.3) is 0 Å². The predicted molar refractivity (Wildman–Crippen MR) is 74.0 cm³/mol. The highest BCUT2D eigenvalue weighted by Gasteiger charge is 2.35. The highest BCUT2D eigenvalue weighted by molar-refractivity contribution is 7.07. The van der Waals surface area contributed by atoms with Gasteiger partial charge in [0.15, 0.2) is 0 Å². The molecule has 16 heavy (non-hydrogen) atoms. The average Bonchev–Trinajstić information content (AvgIpc) is 2.78. The zero-order valence-corrected chi connectivity index (χ0v) is 11.5. The lowest BCUT2D eigenvalue weighted by atomic mass is 10.1. The Morgan fingerprint density at radius 2 is 2.25 bits per heavy atom. The van der Waals surface area contributed by atoms with Crippen molar-refractivity contribution in [2.75, 3.05) is 19.6 Å². The topological polar surface area (TPSA) is 15.3 Å². The molecule has 0 aromatic carbocycles. The maximum atomic E-state index is 3.59. The van der Waals surface area contributed by atoms with Crippen molar-refractivity contribution in [1.82, 2.24) is 10.2 Å². The minimum Gasteiger partial charge on any atom is -0.312 e. The Bertz CT molecular complexity index is 293. The largest absolute Gasteiger partial charge is 0.312 e. The smallest absolute Gasteiger partial charge is 0.0242 e. The van der Waals surface area contributed by atoms with E-state index in [1.807, 2.05) is 0 Å². The van der Waals surface area contributed by atoms with Gasteiger partial charge in [-0.1, -0.05) is 0 Å². The maximum absolute atomic E-state index is 3.59. The fourth-order valence-electron chi connectivity index (χ4n) is 2.71. The van der Waals surface area contributed by atoms with Crippen molar-refractivity contribution in [1.29, 1.82) is 0 Å². The molecule has 2 fully saturated rings. The summed E-state index contributed by atoms with van der Waals surface area (Å²) < 4.78 is 0. The number of thiophene rings is 1. The van der Waals surface area contributed by atoms with E-state index in [1.165, 1.54) is 31.6 Å². The second kappa shape index (κ2) is 6.22. The number of likely N-dealkylation sites (tertiary alicyclic amines) is 1. The Morgan fingerprint density at radius 3 is 2.94 bits per heavy atom. The van der Waals surface area contributed by atoms with Crippen LogP contribution in [0.4, 0.5) is 0 Å². The first-order valence-electron chi connectivity index (χ1n) is 5.38. The van der Waals surface area contributed by atoms with Gasteiger partial charge in [-0.05, 0) is 41.3 Å². The zero-order chi connectivity index (χ0) is 9.38. The minimum atomic E-state index is 0. The van der Waals surface area contributed by atoms with Crippen molar-refractivity contribution in [3.8, 4) is 0 Å². The molecule has 3 rings (SSSR count). The molecule has 0 unspecified atom stereocenters. The monoisotopic (exact) mass is 280 g/mol. The summed E-state index contributed by atoms with van der Waals surface area (Å²) in [4.78, 5) is 2.59. The van der Waals surface area contributed by atoms with Crippen LogP contribution in [0.3, 0.4) is 0 Å². The second-order valence-electron chi connectivity index (χ2n) is 4.44. The lowest BCUT2D eigenvalue weighted by Gasteiger charge is -2.15. The number of halogens is 2. The van der Waals surface area contributed by atoms with E-state index in [1.54, 1.807) is 11.3 Å². The number of fused-ring (bicyclic) bond motifs is 1. The molecule has 1 aromatic heterocycles. The lowest BCUT2D eigenvalue weighted by Crippen LogP contribution is -2.29. The summed E-state index contributed by atoms with van der Waals surface area (Å²) in [6.45, 7) is 4.94. The van der Waals surface area contributed by atoms with Gasteiger partial charge in [0.2, 0.25) is 0 Å². The predicted octanol–water partition coefficient (Wildman–Crippen LogP) is 2.39. The van der Waals surface area contributed by atoms with Gasteiger partial charge in [-0.2, -0.15) is 11.3 Å². The number of hydrogen-bond acceptors (Lipinski definition) is 3. The first-order valence-corrected chi connectivity index (χ1v) is 6.33. The Kier molecular flexibility index (Phi) is 5.54. The normalized spacial score (nSPS) is 28.2. The molecule has 2 aliphatic heterocycles. The fourth-order valence-corrected chi connectivity index (χ4v) is 3.37. The molecule has 92 valence electrons. The summed E-state index contributed by atoms with van der Waals surface area (Å²) in [5.41, 5.74) is 1.48. The van der Waals surface area contributed by atoms with Crippen LogP contribution < -0.4 is 5.32 Å². The molecule has 0 spiro atoms. The van der Waals surface area contributed by atoms with Gasteiger partial charge in [0.05, 0.1) is 0 Å². The summed E-state index contributed by atoms with van der Waals surface area (Å²) in [7, 11) is 0. The van der Waals surface area contributed by atoms with Crippen LogP contribution in [0.2, 0.25) is 0 Å². The number of nitrogens with zero attached hydrogens (tertiary/aromatic N) is 1. The summed E-state index contributed by atoms with van der Waals surface area (Å²) in [5, 5.41) is 8.03. The average molecular weight is 281 g/mol. The van der Waals surface area contributed by atoms with Gasteiger partial charge in [-0.25, -0.2) is 0 Å². The van der Waals surface area contributed by atoms with Crippen LogP contribution in [-0.2, 0) is 6.54 Å². The van der Waals surface area contributed by atoms with Crippen LogP contribution in [0.5, 0.6) is 0 Å². The van der Waals surface area contributed by atoms with Crippen molar-refractivity contribution < 1.29 is 0 Å². The molecule has 0 aliphatic carbocycles. The minimum absolute atomic E-state index is 0. The van der Waals surface area contributed by atoms with Crippen molar-refractivity contribution in [3.63, 3.8) is 0 Å². The van der Waals surface area contributed by atoms with Gasteiger partial charge in [-0.3, -0.25) is 4.90 Å². The van der Waals surface area contributed by atoms with Crippen LogP contribution in [0.15, 0.2) is 16.8 Å². The second-order valence-corrected chi connectivity index (χ2v) is 5.22. The molecule has 1 aromatic rings. The van der Waals surface area contributed by atoms with Gasteiger partial charge in [-0.15, -0.1) is 24.8 Å². The van der Waals surface area contributed by atoms with Gasteiger partial charge >= 0.3 is 0 Å². The van der Waals surface area contributed by atoms with Crippen molar-refractivity contribution in [3.05, 3.63) is 22.4 Å². The van der Waals surface area contributed by atoms with Crippen LogP contribution >= 0.6 is 36.2 Å². The van der Waals surface area contributed by atoms with E-state index in [0.29, 0.717) is 0 Å². The lowest BCUT2D eigenvalue weighted by molar-refractivity contribution is 0.307. The molecule has 0 radical (unpaired) electrons. The van der Waals surface area contributed by atoms with Gasteiger partial charge in [0, 0.05) is 25.7 Å². The van der Waals surface area contributed by atoms with Crippen molar-refractivity contribution in [2.45, 2.75) is 19.0 Å². The maximum Gasteiger partial charge on any atom is 0.0242 e. The quantitative estimate of drug-likeness (QED) is 0.895. The fraction of sp³-hybridized carbons (Fsp3) is 0.636. The highest BCUT2D eigenvalue weighted by Crippen LogP contribution is 2.25. The molecule has 0 saturated carbocycles. The first kappa shape index (κ1) is 14.3. The van der Waals surface area contributed by atoms with E-state index in [4.69, 9.17) is 0 Å². The molecule has 0 bridgehead atoms. The summed E-state index contributed by atoms with van der Waals surface area (Å²) in [5.74, 6) is 0.925. The summed E-state index contributed by atoms with van der Waals surface area (Å²) >= 11 is 1.80. The van der Waals surface area contributed by atoms with Crippen LogP contribution in [0.1, 0.15) is 12.0 Å². The molecular weight excluding hydrogens is 263 g/mol. The number of nitrogens with one attached hydrogen (secondary N) is 1. The third-order valence-electron chi connectivity index (χ3n) is 3.42. The Labute approximate surface area is 113 Å². The highest BCUT2D eigenvalue weighted by atomic mass is 35.5. The molecule has 5 heteroatoms. The van der Waals surface area contributed by atoms with E-state index < -0.39 is 0 Å². The number of hydrogen-bond donors (Lipinski definition) is 1. The standard InChI is InChI=1S/C11H16N2S.2ClH/c1-3-12-11-7-13(6-10(1)11)5-9-2-4-14-8-9;;/h2,4,8,10-12H,1,3,5-7H2;2*1H/t10-,11+;;/m0../s1. The molecule has 1 N–H and O–H groups in total. The molecule has 2 atom stereocenters. The molecule has 0 amide bonds. The van der Waals surface area contributed by atoms with Crippen molar-refractivity contribution in [2.24, 2.45) is 5.92 Å². The Morgan fingerprint density at radius 1 is 1.38 bits per heavy atom. The van der Waals surface area contributed by atoms with Crippen LogP contribution in [-0.4, -0.2) is 30.6 Å². The Balaban J connectivity index is 0.000000640. The molecule has 3 heterocycles. The summed E-state index contributed by atoms with van der Waals surface area (Å²) in [6, 6.07) is 3.03. The van der Waals surface area contributed by atoms with E-state index in [0.717, 1.165) is 18.5 Å². The SMILES string of the molecule is Cl.Cl.c1cc(CN2C[C@@H]3CCN[C@@H]3C2)cs1. The number of rotatable bonds is 2. The van der Waals surface area contributed by atoms with Crippen molar-refractivity contribution >= 4 is 36.2 Å². The van der Waals surface area contributed by atoms with Gasteiger partial charge in [0.1, 0.15) is 0 Å². The Hall–Kier alpha value is 0.200. The molecule has 2 saturated heterocycles. The van der Waals surface area contributed by atoms with Gasteiger partial charge < -0.3 is 5.32 Å². The van der Waals surface area contributed by atoms with E-state index in [-0.39, 0.29) is 24.8 Å². The van der Waals surface area contributed by atoms with E-state index in [2.05, 4.69) is 27.0 Å². The van der Waals surface area contributed by atoms with E-state index >= 15 is 0 Å². The molecule has 2 aliphatic rings. The summed E-state index contributed by atoms with van der Waals surface area (Å²) in [6.07, 6.45) is 1.38. The van der Waals surface area contributed by atoms with E-state index in [9.17, 15) is 0 Å². The molecular formula is C11H18Cl2N2S. The van der Waals surface area contributed by atoms with Crippen LogP contribution in [0, 0.1) is 5.92 Å². The third kappa shape index (κ3) is 2.90. The zero-order valence-electron chi connectivity index (χ0n) is 9.09. The molecule has 2 nitrogen and oxygen atoms in total. The first-order chi connectivity index (χ1) is 6.92.